The third-order valence-electron chi connectivity index (χ3n) is 4.89. The van der Waals surface area contributed by atoms with Crippen molar-refractivity contribution in [1.29, 1.82) is 0 Å². The third kappa shape index (κ3) is 1.91. The number of hydrogen-bond donors (Lipinski definition) is 1. The van der Waals surface area contributed by atoms with Gasteiger partial charge in [-0.25, -0.2) is 0 Å². The molecule has 2 aliphatic rings. The first-order chi connectivity index (χ1) is 8.92. The molecule has 5 nitrogen and oxygen atoms in total. The molecule has 3 rings (SSSR count). The number of piperidine rings is 1. The number of aliphatic hydroxyl groups is 1. The molecule has 1 N–H and O–H groups in total. The maximum Gasteiger partial charge on any atom is 0.0963 e. The summed E-state index contributed by atoms with van der Waals surface area (Å²) in [6, 6.07) is 0.605. The molecular weight excluding hydrogens is 242 g/mol. The first kappa shape index (κ1) is 13.1. The number of likely N-dealkylation sites (N-methyl/N-ethyl adjacent to an activating group) is 1. The SMILES string of the molecule is Cc1nn(C)c(C)c1C1(O)CC2COCC(C1)N2C. The van der Waals surface area contributed by atoms with Crippen LogP contribution < -0.4 is 0 Å². The van der Waals surface area contributed by atoms with E-state index in [1.54, 1.807) is 0 Å². The Labute approximate surface area is 114 Å². The molecule has 3 heterocycles. The van der Waals surface area contributed by atoms with Crippen molar-refractivity contribution in [3.63, 3.8) is 0 Å². The predicted molar refractivity (Wildman–Crippen MR) is 72.0 cm³/mol. The van der Waals surface area contributed by atoms with Crippen LogP contribution in [-0.2, 0) is 17.4 Å². The van der Waals surface area contributed by atoms with Crippen LogP contribution in [0.3, 0.4) is 0 Å². The minimum absolute atomic E-state index is 0.302. The number of ether oxygens (including phenoxy) is 1. The third-order valence-corrected chi connectivity index (χ3v) is 4.89. The summed E-state index contributed by atoms with van der Waals surface area (Å²) < 4.78 is 7.50. The Hall–Kier alpha value is -0.910. The van der Waals surface area contributed by atoms with Crippen LogP contribution >= 0.6 is 0 Å². The van der Waals surface area contributed by atoms with Gasteiger partial charge in [-0.05, 0) is 33.7 Å². The minimum atomic E-state index is -0.756. The second-order valence-corrected chi connectivity index (χ2v) is 6.12. The number of aryl methyl sites for hydroxylation is 2. The molecule has 2 atom stereocenters. The maximum absolute atomic E-state index is 11.2. The van der Waals surface area contributed by atoms with Crippen molar-refractivity contribution in [2.24, 2.45) is 7.05 Å². The molecule has 0 spiro atoms. The van der Waals surface area contributed by atoms with Crippen molar-refractivity contribution >= 4 is 0 Å². The van der Waals surface area contributed by atoms with Crippen LogP contribution in [0.1, 0.15) is 29.8 Å². The van der Waals surface area contributed by atoms with Crippen LogP contribution in [0.2, 0.25) is 0 Å². The summed E-state index contributed by atoms with van der Waals surface area (Å²) >= 11 is 0. The highest BCUT2D eigenvalue weighted by Gasteiger charge is 2.47. The topological polar surface area (TPSA) is 50.5 Å². The molecule has 0 saturated carbocycles. The van der Waals surface area contributed by atoms with Crippen LogP contribution in [0.25, 0.3) is 0 Å². The molecule has 106 valence electrons. The Bertz CT molecular complexity index is 483. The highest BCUT2D eigenvalue weighted by atomic mass is 16.5. The lowest BCUT2D eigenvalue weighted by Gasteiger charge is -2.50. The maximum atomic E-state index is 11.2. The van der Waals surface area contributed by atoms with Gasteiger partial charge in [0.15, 0.2) is 0 Å². The number of morpholine rings is 1. The van der Waals surface area contributed by atoms with Crippen molar-refractivity contribution in [3.05, 3.63) is 17.0 Å². The Morgan fingerprint density at radius 1 is 1.21 bits per heavy atom. The Morgan fingerprint density at radius 2 is 1.79 bits per heavy atom. The van der Waals surface area contributed by atoms with Crippen molar-refractivity contribution < 1.29 is 9.84 Å². The van der Waals surface area contributed by atoms with Gasteiger partial charge in [-0.15, -0.1) is 0 Å². The quantitative estimate of drug-likeness (QED) is 0.813. The second kappa shape index (κ2) is 4.30. The van der Waals surface area contributed by atoms with Gasteiger partial charge in [-0.1, -0.05) is 0 Å². The lowest BCUT2D eigenvalue weighted by molar-refractivity contribution is -0.138. The molecule has 0 amide bonds. The van der Waals surface area contributed by atoms with Gasteiger partial charge in [0.05, 0.1) is 24.5 Å². The molecule has 0 radical (unpaired) electrons. The molecule has 2 fully saturated rings. The van der Waals surface area contributed by atoms with Crippen molar-refractivity contribution in [2.45, 2.75) is 44.4 Å². The van der Waals surface area contributed by atoms with Gasteiger partial charge in [0, 0.05) is 30.4 Å². The Kier molecular flexibility index (Phi) is 2.96. The van der Waals surface area contributed by atoms with E-state index in [0.29, 0.717) is 25.3 Å². The van der Waals surface area contributed by atoms with E-state index >= 15 is 0 Å². The Morgan fingerprint density at radius 3 is 2.26 bits per heavy atom. The monoisotopic (exact) mass is 265 g/mol. The fraction of sp³-hybridized carbons (Fsp3) is 0.786. The van der Waals surface area contributed by atoms with E-state index in [1.165, 1.54) is 0 Å². The van der Waals surface area contributed by atoms with E-state index in [0.717, 1.165) is 29.8 Å². The zero-order chi connectivity index (χ0) is 13.8. The first-order valence-corrected chi connectivity index (χ1v) is 6.95. The molecule has 0 aromatic carbocycles. The molecule has 1 aromatic rings. The average molecular weight is 265 g/mol. The smallest absolute Gasteiger partial charge is 0.0963 e. The highest BCUT2D eigenvalue weighted by molar-refractivity contribution is 5.32. The molecule has 2 aliphatic heterocycles. The van der Waals surface area contributed by atoms with Gasteiger partial charge < -0.3 is 9.84 Å². The van der Waals surface area contributed by atoms with Gasteiger partial charge in [-0.3, -0.25) is 9.58 Å². The molecule has 5 heteroatoms. The van der Waals surface area contributed by atoms with Crippen LogP contribution in [-0.4, -0.2) is 52.1 Å². The predicted octanol–water partition coefficient (Wildman–Crippen LogP) is 0.718. The lowest BCUT2D eigenvalue weighted by Crippen LogP contribution is -2.59. The molecule has 2 saturated heterocycles. The van der Waals surface area contributed by atoms with Crippen molar-refractivity contribution in [3.8, 4) is 0 Å². The van der Waals surface area contributed by atoms with Gasteiger partial charge in [0.1, 0.15) is 0 Å². The molecule has 0 aliphatic carbocycles. The average Bonchev–Trinajstić information content (AvgIpc) is 2.56. The standard InChI is InChI=1S/C14H23N3O2/c1-9-13(10(2)17(4)15-9)14(18)5-11-7-19-8-12(6-14)16(11)3/h11-12,18H,5-8H2,1-4H3. The summed E-state index contributed by atoms with van der Waals surface area (Å²) in [6.45, 7) is 5.46. The summed E-state index contributed by atoms with van der Waals surface area (Å²) in [4.78, 5) is 2.36. The van der Waals surface area contributed by atoms with E-state index in [-0.39, 0.29) is 0 Å². The van der Waals surface area contributed by atoms with E-state index in [2.05, 4.69) is 17.0 Å². The second-order valence-electron chi connectivity index (χ2n) is 6.12. The summed E-state index contributed by atoms with van der Waals surface area (Å²) in [7, 11) is 4.08. The van der Waals surface area contributed by atoms with Crippen LogP contribution in [0.5, 0.6) is 0 Å². The van der Waals surface area contributed by atoms with Crippen LogP contribution in [0, 0.1) is 13.8 Å². The molecule has 2 unspecified atom stereocenters. The van der Waals surface area contributed by atoms with Gasteiger partial charge in [0.25, 0.3) is 0 Å². The molecule has 1 aromatic heterocycles. The zero-order valence-electron chi connectivity index (χ0n) is 12.2. The minimum Gasteiger partial charge on any atom is -0.385 e. The molecule has 19 heavy (non-hydrogen) atoms. The number of nitrogens with zero attached hydrogens (tertiary/aromatic N) is 3. The van der Waals surface area contributed by atoms with E-state index in [9.17, 15) is 5.11 Å². The van der Waals surface area contributed by atoms with Crippen LogP contribution in [0.15, 0.2) is 0 Å². The van der Waals surface area contributed by atoms with E-state index in [1.807, 2.05) is 25.6 Å². The van der Waals surface area contributed by atoms with E-state index in [4.69, 9.17) is 4.74 Å². The highest BCUT2D eigenvalue weighted by Crippen LogP contribution is 2.42. The van der Waals surface area contributed by atoms with Gasteiger partial charge >= 0.3 is 0 Å². The first-order valence-electron chi connectivity index (χ1n) is 6.95. The number of rotatable bonds is 1. The van der Waals surface area contributed by atoms with Gasteiger partial charge in [0.2, 0.25) is 0 Å². The van der Waals surface area contributed by atoms with Crippen molar-refractivity contribution in [1.82, 2.24) is 14.7 Å². The van der Waals surface area contributed by atoms with Crippen LogP contribution in [0.4, 0.5) is 0 Å². The molecular formula is C14H23N3O2. The Balaban J connectivity index is 2.00. The fourth-order valence-electron chi connectivity index (χ4n) is 3.79. The summed E-state index contributed by atoms with van der Waals surface area (Å²) in [5.41, 5.74) is 2.29. The largest absolute Gasteiger partial charge is 0.385 e. The zero-order valence-corrected chi connectivity index (χ0v) is 12.2. The summed E-state index contributed by atoms with van der Waals surface area (Å²) in [5.74, 6) is 0. The number of hydrogen-bond acceptors (Lipinski definition) is 4. The summed E-state index contributed by atoms with van der Waals surface area (Å²) in [5, 5.41) is 15.7. The molecule has 2 bridgehead atoms. The lowest BCUT2D eigenvalue weighted by atomic mass is 9.76. The van der Waals surface area contributed by atoms with E-state index < -0.39 is 5.60 Å². The number of fused-ring (bicyclic) bond motifs is 2. The van der Waals surface area contributed by atoms with Gasteiger partial charge in [-0.2, -0.15) is 5.10 Å². The normalized spacial score (nSPS) is 35.6. The summed E-state index contributed by atoms with van der Waals surface area (Å²) in [6.07, 6.45) is 1.46. The fourth-order valence-corrected chi connectivity index (χ4v) is 3.79. The van der Waals surface area contributed by atoms with Crippen molar-refractivity contribution in [2.75, 3.05) is 20.3 Å². The number of aromatic nitrogens is 2.